The van der Waals surface area contributed by atoms with Gasteiger partial charge in [-0.3, -0.25) is 4.79 Å². The molecule has 0 unspecified atom stereocenters. The number of carbonyl (C=O) groups is 1. The second-order valence-corrected chi connectivity index (χ2v) is 6.98. The summed E-state index contributed by atoms with van der Waals surface area (Å²) in [6, 6.07) is 9.81. The van der Waals surface area contributed by atoms with E-state index < -0.39 is 0 Å². The SMILES string of the molecule is COc1ccccc1OCc1csc(C(=O)NC2CCCCC2)c1. The third-order valence-electron chi connectivity index (χ3n) is 4.28. The number of carbonyl (C=O) groups excluding carboxylic acids is 1. The van der Waals surface area contributed by atoms with Gasteiger partial charge in [0.05, 0.1) is 12.0 Å². The summed E-state index contributed by atoms with van der Waals surface area (Å²) in [5, 5.41) is 5.13. The van der Waals surface area contributed by atoms with Crippen molar-refractivity contribution in [3.05, 3.63) is 46.2 Å². The zero-order valence-electron chi connectivity index (χ0n) is 13.9. The highest BCUT2D eigenvalue weighted by atomic mass is 32.1. The van der Waals surface area contributed by atoms with E-state index in [0.29, 0.717) is 24.1 Å². The predicted octanol–water partition coefficient (Wildman–Crippen LogP) is 4.40. The van der Waals surface area contributed by atoms with Crippen LogP contribution >= 0.6 is 11.3 Å². The number of ether oxygens (including phenoxy) is 2. The van der Waals surface area contributed by atoms with Crippen molar-refractivity contribution >= 4 is 17.2 Å². The molecule has 1 heterocycles. The number of benzene rings is 1. The van der Waals surface area contributed by atoms with Crippen LogP contribution in [0.1, 0.15) is 47.3 Å². The fourth-order valence-electron chi connectivity index (χ4n) is 2.97. The van der Waals surface area contributed by atoms with Crippen LogP contribution in [0.5, 0.6) is 11.5 Å². The number of amides is 1. The van der Waals surface area contributed by atoms with E-state index >= 15 is 0 Å². The highest BCUT2D eigenvalue weighted by molar-refractivity contribution is 7.12. The van der Waals surface area contributed by atoms with Crippen molar-refractivity contribution in [2.75, 3.05) is 7.11 Å². The van der Waals surface area contributed by atoms with Gasteiger partial charge in [0.15, 0.2) is 11.5 Å². The van der Waals surface area contributed by atoms with Crippen molar-refractivity contribution in [3.8, 4) is 11.5 Å². The Morgan fingerprint density at radius 3 is 2.71 bits per heavy atom. The van der Waals surface area contributed by atoms with Crippen LogP contribution in [-0.2, 0) is 6.61 Å². The second-order valence-electron chi connectivity index (χ2n) is 6.07. The van der Waals surface area contributed by atoms with Gasteiger partial charge in [0.25, 0.3) is 5.91 Å². The molecule has 1 N–H and O–H groups in total. The molecule has 1 saturated carbocycles. The Labute approximate surface area is 146 Å². The lowest BCUT2D eigenvalue weighted by molar-refractivity contribution is 0.0932. The zero-order valence-corrected chi connectivity index (χ0v) is 14.7. The molecule has 5 heteroatoms. The monoisotopic (exact) mass is 345 g/mol. The minimum atomic E-state index is 0.0374. The molecule has 1 fully saturated rings. The van der Waals surface area contributed by atoms with Crippen LogP contribution < -0.4 is 14.8 Å². The van der Waals surface area contributed by atoms with Crippen molar-refractivity contribution < 1.29 is 14.3 Å². The molecular weight excluding hydrogens is 322 g/mol. The van der Waals surface area contributed by atoms with Gasteiger partial charge < -0.3 is 14.8 Å². The molecule has 1 aromatic carbocycles. The Morgan fingerprint density at radius 1 is 1.21 bits per heavy atom. The van der Waals surface area contributed by atoms with Gasteiger partial charge in [-0.2, -0.15) is 0 Å². The lowest BCUT2D eigenvalue weighted by Crippen LogP contribution is -2.35. The fourth-order valence-corrected chi connectivity index (χ4v) is 3.77. The topological polar surface area (TPSA) is 47.6 Å². The third kappa shape index (κ3) is 4.29. The first-order chi connectivity index (χ1) is 11.8. The number of hydrogen-bond acceptors (Lipinski definition) is 4. The van der Waals surface area contributed by atoms with E-state index in [2.05, 4.69) is 5.32 Å². The maximum Gasteiger partial charge on any atom is 0.261 e. The van der Waals surface area contributed by atoms with Gasteiger partial charge in [0.2, 0.25) is 0 Å². The largest absolute Gasteiger partial charge is 0.493 e. The van der Waals surface area contributed by atoms with Gasteiger partial charge in [-0.05, 0) is 36.4 Å². The number of thiophene rings is 1. The molecule has 1 amide bonds. The number of nitrogens with one attached hydrogen (secondary N) is 1. The summed E-state index contributed by atoms with van der Waals surface area (Å²) in [5.74, 6) is 1.46. The summed E-state index contributed by atoms with van der Waals surface area (Å²) in [6.07, 6.45) is 5.92. The van der Waals surface area contributed by atoms with Gasteiger partial charge in [-0.15, -0.1) is 11.3 Å². The molecule has 4 nitrogen and oxygen atoms in total. The van der Waals surface area contributed by atoms with Crippen molar-refractivity contribution in [2.45, 2.75) is 44.8 Å². The van der Waals surface area contributed by atoms with E-state index in [9.17, 15) is 4.79 Å². The molecule has 24 heavy (non-hydrogen) atoms. The molecule has 0 saturated heterocycles. The van der Waals surface area contributed by atoms with E-state index in [-0.39, 0.29) is 5.91 Å². The van der Waals surface area contributed by atoms with Crippen LogP contribution in [0.2, 0.25) is 0 Å². The Hall–Kier alpha value is -2.01. The van der Waals surface area contributed by atoms with E-state index in [4.69, 9.17) is 9.47 Å². The zero-order chi connectivity index (χ0) is 16.8. The molecule has 0 atom stereocenters. The highest BCUT2D eigenvalue weighted by Gasteiger charge is 2.17. The summed E-state index contributed by atoms with van der Waals surface area (Å²) in [5.41, 5.74) is 1.000. The van der Waals surface area contributed by atoms with Crippen LogP contribution in [0, 0.1) is 0 Å². The maximum absolute atomic E-state index is 12.3. The normalized spacial score (nSPS) is 15.0. The number of hydrogen-bond donors (Lipinski definition) is 1. The van der Waals surface area contributed by atoms with Crippen molar-refractivity contribution in [2.24, 2.45) is 0 Å². The van der Waals surface area contributed by atoms with Gasteiger partial charge in [-0.1, -0.05) is 31.4 Å². The molecule has 1 aliphatic carbocycles. The van der Waals surface area contributed by atoms with Crippen LogP contribution in [0.25, 0.3) is 0 Å². The average molecular weight is 345 g/mol. The van der Waals surface area contributed by atoms with Gasteiger partial charge in [0.1, 0.15) is 6.61 Å². The quantitative estimate of drug-likeness (QED) is 0.844. The van der Waals surface area contributed by atoms with Gasteiger partial charge in [0, 0.05) is 11.6 Å². The first-order valence-electron chi connectivity index (χ1n) is 8.40. The molecule has 0 spiro atoms. The minimum absolute atomic E-state index is 0.0374. The maximum atomic E-state index is 12.3. The predicted molar refractivity (Wildman–Crippen MR) is 96.0 cm³/mol. The van der Waals surface area contributed by atoms with E-state index in [0.717, 1.165) is 23.3 Å². The lowest BCUT2D eigenvalue weighted by Gasteiger charge is -2.22. The molecule has 0 radical (unpaired) electrons. The van der Waals surface area contributed by atoms with Crippen LogP contribution in [0.4, 0.5) is 0 Å². The summed E-state index contributed by atoms with van der Waals surface area (Å²) in [7, 11) is 1.63. The molecule has 128 valence electrons. The number of rotatable bonds is 6. The van der Waals surface area contributed by atoms with E-state index in [1.54, 1.807) is 7.11 Å². The number of methoxy groups -OCH3 is 1. The molecule has 0 aliphatic heterocycles. The van der Waals surface area contributed by atoms with Crippen LogP contribution in [0.15, 0.2) is 35.7 Å². The number of para-hydroxylation sites is 2. The molecule has 0 bridgehead atoms. The van der Waals surface area contributed by atoms with Crippen molar-refractivity contribution in [1.29, 1.82) is 0 Å². The molecule has 3 rings (SSSR count). The fraction of sp³-hybridized carbons (Fsp3) is 0.421. The Balaban J connectivity index is 1.56. The van der Waals surface area contributed by atoms with Gasteiger partial charge >= 0.3 is 0 Å². The van der Waals surface area contributed by atoms with E-state index in [1.165, 1.54) is 30.6 Å². The summed E-state index contributed by atoms with van der Waals surface area (Å²) >= 11 is 1.47. The molecule has 1 aliphatic rings. The van der Waals surface area contributed by atoms with Gasteiger partial charge in [-0.25, -0.2) is 0 Å². The van der Waals surface area contributed by atoms with Crippen molar-refractivity contribution in [3.63, 3.8) is 0 Å². The first kappa shape index (κ1) is 16.8. The van der Waals surface area contributed by atoms with Crippen LogP contribution in [-0.4, -0.2) is 19.1 Å². The Morgan fingerprint density at radius 2 is 1.96 bits per heavy atom. The highest BCUT2D eigenvalue weighted by Crippen LogP contribution is 2.27. The van der Waals surface area contributed by atoms with E-state index in [1.807, 2.05) is 35.7 Å². The summed E-state index contributed by atoms with van der Waals surface area (Å²) in [6.45, 7) is 0.424. The summed E-state index contributed by atoms with van der Waals surface area (Å²) < 4.78 is 11.1. The lowest BCUT2D eigenvalue weighted by atomic mass is 9.95. The molecule has 1 aromatic heterocycles. The Bertz CT molecular complexity index is 677. The minimum Gasteiger partial charge on any atom is -0.493 e. The third-order valence-corrected chi connectivity index (χ3v) is 5.26. The summed E-state index contributed by atoms with van der Waals surface area (Å²) in [4.78, 5) is 13.1. The first-order valence-corrected chi connectivity index (χ1v) is 9.28. The average Bonchev–Trinajstić information content (AvgIpc) is 3.10. The second kappa shape index (κ2) is 8.20. The smallest absolute Gasteiger partial charge is 0.261 e. The Kier molecular flexibility index (Phi) is 5.75. The van der Waals surface area contributed by atoms with Crippen molar-refractivity contribution in [1.82, 2.24) is 5.32 Å². The molecule has 2 aromatic rings. The standard InChI is InChI=1S/C19H23NO3S/c1-22-16-9-5-6-10-17(16)23-12-14-11-18(24-13-14)19(21)20-15-7-3-2-4-8-15/h5-6,9-11,13,15H,2-4,7-8,12H2,1H3,(H,20,21). The van der Waals surface area contributed by atoms with Crippen LogP contribution in [0.3, 0.4) is 0 Å². The molecular formula is C19H23NO3S.